The Hall–Kier alpha value is -3.13. The molecule has 3 aliphatic heterocycles. The van der Waals surface area contributed by atoms with E-state index in [-0.39, 0.29) is 18.3 Å². The Morgan fingerprint density at radius 2 is 2.10 bits per heavy atom. The standard InChI is InChI=1S/C22H21N3O4S/c26-15-11-17(19-14-30-22-23-7-9-25(19)22)21-18(12-15)24(20(27)13-29-21)8-4-10-28-16-5-2-1-3-6-16/h1-3,5-6,11-12,14,26H,4,7-10,13H2. The molecule has 0 saturated heterocycles. The Labute approximate surface area is 178 Å². The molecule has 0 aliphatic carbocycles. The number of carbonyl (C=O) groups excluding carboxylic acids is 1. The van der Waals surface area contributed by atoms with Crippen LogP contribution < -0.4 is 14.4 Å². The molecule has 8 heteroatoms. The monoisotopic (exact) mass is 423 g/mol. The van der Waals surface area contributed by atoms with Crippen molar-refractivity contribution < 1.29 is 19.4 Å². The van der Waals surface area contributed by atoms with Gasteiger partial charge < -0.3 is 24.4 Å². The van der Waals surface area contributed by atoms with Crippen LogP contribution >= 0.6 is 11.8 Å². The normalized spacial score (nSPS) is 17.3. The molecule has 2 aromatic rings. The maximum absolute atomic E-state index is 12.6. The third-order valence-corrected chi connectivity index (χ3v) is 6.07. The highest BCUT2D eigenvalue weighted by molar-refractivity contribution is 8.16. The zero-order chi connectivity index (χ0) is 20.5. The van der Waals surface area contributed by atoms with Crippen molar-refractivity contribution >= 4 is 34.2 Å². The second kappa shape index (κ2) is 7.95. The summed E-state index contributed by atoms with van der Waals surface area (Å²) < 4.78 is 11.6. The van der Waals surface area contributed by atoms with Crippen molar-refractivity contribution in [2.24, 2.45) is 4.99 Å². The molecule has 3 heterocycles. The molecule has 3 aliphatic rings. The van der Waals surface area contributed by atoms with Crippen molar-refractivity contribution in [2.45, 2.75) is 6.42 Å². The van der Waals surface area contributed by atoms with Crippen LogP contribution in [0.1, 0.15) is 12.0 Å². The van der Waals surface area contributed by atoms with E-state index in [1.54, 1.807) is 28.8 Å². The smallest absolute Gasteiger partial charge is 0.265 e. The largest absolute Gasteiger partial charge is 0.508 e. The van der Waals surface area contributed by atoms with Crippen LogP contribution in [0.15, 0.2) is 52.9 Å². The number of fused-ring (bicyclic) bond motifs is 2. The van der Waals surface area contributed by atoms with Crippen molar-refractivity contribution in [1.29, 1.82) is 0 Å². The first-order valence-corrected chi connectivity index (χ1v) is 10.8. The number of thioether (sulfide) groups is 1. The van der Waals surface area contributed by atoms with Gasteiger partial charge in [-0.25, -0.2) is 0 Å². The highest BCUT2D eigenvalue weighted by atomic mass is 32.2. The molecule has 0 bridgehead atoms. The summed E-state index contributed by atoms with van der Waals surface area (Å²) in [6.07, 6.45) is 0.659. The first-order valence-electron chi connectivity index (χ1n) is 9.88. The molecule has 1 N–H and O–H groups in total. The lowest BCUT2D eigenvalue weighted by Gasteiger charge is -2.32. The van der Waals surface area contributed by atoms with Crippen LogP contribution in [-0.2, 0) is 4.79 Å². The number of phenolic OH excluding ortho intramolecular Hbond substituents is 1. The van der Waals surface area contributed by atoms with E-state index in [1.165, 1.54) is 0 Å². The van der Waals surface area contributed by atoms with Crippen LogP contribution in [0.5, 0.6) is 17.2 Å². The number of amides is 1. The minimum atomic E-state index is -0.128. The number of amidine groups is 1. The molecule has 0 radical (unpaired) electrons. The Morgan fingerprint density at radius 1 is 1.23 bits per heavy atom. The van der Waals surface area contributed by atoms with Gasteiger partial charge in [-0.3, -0.25) is 9.79 Å². The predicted octanol–water partition coefficient (Wildman–Crippen LogP) is 3.30. The van der Waals surface area contributed by atoms with Gasteiger partial charge in [0.2, 0.25) is 0 Å². The number of anilines is 1. The summed E-state index contributed by atoms with van der Waals surface area (Å²) in [6, 6.07) is 12.9. The SMILES string of the molecule is O=C1COc2c(C3=CSC4=NCCN34)cc(O)cc2N1CCCOc1ccccc1. The number of carbonyl (C=O) groups is 1. The van der Waals surface area contributed by atoms with Crippen molar-refractivity contribution in [3.8, 4) is 17.2 Å². The van der Waals surface area contributed by atoms with Gasteiger partial charge in [-0.1, -0.05) is 30.0 Å². The number of ether oxygens (including phenoxy) is 2. The summed E-state index contributed by atoms with van der Waals surface area (Å²) in [7, 11) is 0. The summed E-state index contributed by atoms with van der Waals surface area (Å²) in [5, 5.41) is 13.4. The number of hydrogen-bond acceptors (Lipinski definition) is 7. The summed E-state index contributed by atoms with van der Waals surface area (Å²) in [6.45, 7) is 2.51. The van der Waals surface area contributed by atoms with E-state index >= 15 is 0 Å². The number of nitrogens with zero attached hydrogens (tertiary/aromatic N) is 3. The molecule has 0 aromatic heterocycles. The summed E-state index contributed by atoms with van der Waals surface area (Å²) >= 11 is 1.57. The van der Waals surface area contributed by atoms with E-state index in [0.717, 1.165) is 35.3 Å². The van der Waals surface area contributed by atoms with Crippen molar-refractivity contribution in [3.05, 3.63) is 53.4 Å². The van der Waals surface area contributed by atoms with Gasteiger partial charge in [0.05, 0.1) is 24.5 Å². The van der Waals surface area contributed by atoms with Gasteiger partial charge in [0.15, 0.2) is 17.5 Å². The number of hydrogen-bond donors (Lipinski definition) is 1. The van der Waals surface area contributed by atoms with Crippen LogP contribution in [0.4, 0.5) is 5.69 Å². The maximum atomic E-state index is 12.6. The number of aliphatic imine (C=N–C) groups is 1. The van der Waals surface area contributed by atoms with E-state index in [4.69, 9.17) is 9.47 Å². The molecule has 30 heavy (non-hydrogen) atoms. The lowest BCUT2D eigenvalue weighted by atomic mass is 10.1. The quantitative estimate of drug-likeness (QED) is 0.719. The molecule has 0 saturated carbocycles. The average Bonchev–Trinajstić information content (AvgIpc) is 3.36. The minimum absolute atomic E-state index is 0.0221. The van der Waals surface area contributed by atoms with E-state index < -0.39 is 0 Å². The van der Waals surface area contributed by atoms with Crippen molar-refractivity contribution in [3.63, 3.8) is 0 Å². The molecule has 5 rings (SSSR count). The fraction of sp³-hybridized carbons (Fsp3) is 0.273. The average molecular weight is 423 g/mol. The Bertz CT molecular complexity index is 1040. The maximum Gasteiger partial charge on any atom is 0.265 e. The number of rotatable bonds is 6. The van der Waals surface area contributed by atoms with Crippen LogP contribution in [0, 0.1) is 0 Å². The van der Waals surface area contributed by atoms with Crippen LogP contribution in [0.3, 0.4) is 0 Å². The number of para-hydroxylation sites is 1. The molecule has 0 spiro atoms. The van der Waals surface area contributed by atoms with Crippen molar-refractivity contribution in [1.82, 2.24) is 4.90 Å². The number of benzene rings is 2. The Balaban J connectivity index is 1.36. The van der Waals surface area contributed by atoms with Gasteiger partial charge in [0, 0.05) is 30.1 Å². The molecule has 0 fully saturated rings. The van der Waals surface area contributed by atoms with Gasteiger partial charge >= 0.3 is 0 Å². The lowest BCUT2D eigenvalue weighted by Crippen LogP contribution is -2.40. The van der Waals surface area contributed by atoms with E-state index in [2.05, 4.69) is 9.89 Å². The fourth-order valence-corrected chi connectivity index (χ4v) is 4.75. The van der Waals surface area contributed by atoms with Crippen LogP contribution in [0.25, 0.3) is 5.70 Å². The second-order valence-corrected chi connectivity index (χ2v) is 7.96. The molecule has 7 nitrogen and oxygen atoms in total. The molecule has 2 aromatic carbocycles. The second-order valence-electron chi connectivity index (χ2n) is 7.13. The van der Waals surface area contributed by atoms with Gasteiger partial charge in [-0.05, 0) is 24.6 Å². The van der Waals surface area contributed by atoms with Gasteiger partial charge in [-0.15, -0.1) is 0 Å². The summed E-state index contributed by atoms with van der Waals surface area (Å²) in [5.41, 5.74) is 2.32. The van der Waals surface area contributed by atoms with Gasteiger partial charge in [0.25, 0.3) is 5.91 Å². The molecule has 154 valence electrons. The highest BCUT2D eigenvalue weighted by Crippen LogP contribution is 2.46. The van der Waals surface area contributed by atoms with E-state index in [0.29, 0.717) is 31.0 Å². The molecular weight excluding hydrogens is 402 g/mol. The van der Waals surface area contributed by atoms with Crippen molar-refractivity contribution in [2.75, 3.05) is 37.7 Å². The van der Waals surface area contributed by atoms with Crippen LogP contribution in [0.2, 0.25) is 0 Å². The minimum Gasteiger partial charge on any atom is -0.508 e. The highest BCUT2D eigenvalue weighted by Gasteiger charge is 2.34. The third-order valence-electron chi connectivity index (χ3n) is 5.17. The zero-order valence-corrected chi connectivity index (χ0v) is 17.1. The van der Waals surface area contributed by atoms with E-state index in [1.807, 2.05) is 35.7 Å². The molecule has 0 atom stereocenters. The van der Waals surface area contributed by atoms with Crippen LogP contribution in [-0.4, -0.2) is 53.9 Å². The Kier molecular flexibility index (Phi) is 5.00. The lowest BCUT2D eigenvalue weighted by molar-refractivity contribution is -0.121. The molecular formula is C22H21N3O4S. The number of phenols is 1. The first kappa shape index (κ1) is 18.9. The predicted molar refractivity (Wildman–Crippen MR) is 117 cm³/mol. The number of aromatic hydroxyl groups is 1. The zero-order valence-electron chi connectivity index (χ0n) is 16.3. The first-order chi connectivity index (χ1) is 14.7. The fourth-order valence-electron chi connectivity index (χ4n) is 3.79. The Morgan fingerprint density at radius 3 is 2.97 bits per heavy atom. The topological polar surface area (TPSA) is 74.6 Å². The van der Waals surface area contributed by atoms with E-state index in [9.17, 15) is 9.90 Å². The summed E-state index contributed by atoms with van der Waals surface area (Å²) in [5.74, 6) is 1.40. The van der Waals surface area contributed by atoms with Gasteiger partial charge in [-0.2, -0.15) is 0 Å². The molecule has 1 amide bonds. The summed E-state index contributed by atoms with van der Waals surface area (Å²) in [4.78, 5) is 20.9. The third kappa shape index (κ3) is 3.47. The van der Waals surface area contributed by atoms with Gasteiger partial charge in [0.1, 0.15) is 11.5 Å². The molecule has 0 unspecified atom stereocenters.